The van der Waals surface area contributed by atoms with Gasteiger partial charge in [-0.2, -0.15) is 0 Å². The Balaban J connectivity index is 1.41. The molecule has 0 aromatic carbocycles. The molecular weight excluding hydrogens is 470 g/mol. The van der Waals surface area contributed by atoms with Crippen LogP contribution in [0.1, 0.15) is 79.1 Å². The van der Waals surface area contributed by atoms with Crippen molar-refractivity contribution in [2.75, 3.05) is 6.61 Å². The van der Waals surface area contributed by atoms with Crippen LogP contribution in [0.5, 0.6) is 0 Å². The van der Waals surface area contributed by atoms with Gasteiger partial charge in [-0.15, -0.1) is 0 Å². The van der Waals surface area contributed by atoms with E-state index in [9.17, 15) is 9.59 Å². The van der Waals surface area contributed by atoms with E-state index >= 15 is 0 Å². The first kappa shape index (κ1) is 26.0. The van der Waals surface area contributed by atoms with Gasteiger partial charge in [0.1, 0.15) is 18.8 Å². The van der Waals surface area contributed by atoms with E-state index in [1.165, 1.54) is 19.4 Å². The molecule has 4 aliphatic carbocycles. The summed E-state index contributed by atoms with van der Waals surface area (Å²) in [6, 6.07) is 0. The van der Waals surface area contributed by atoms with Crippen molar-refractivity contribution in [3.8, 4) is 0 Å². The van der Waals surface area contributed by atoms with Crippen molar-refractivity contribution in [1.29, 1.82) is 0 Å². The highest BCUT2D eigenvalue weighted by atomic mass is 16.6. The number of hydrogen-bond acceptors (Lipinski definition) is 7. The number of hydrogen-bond donors (Lipinski definition) is 0. The van der Waals surface area contributed by atoms with Crippen LogP contribution in [0.15, 0.2) is 35.5 Å². The summed E-state index contributed by atoms with van der Waals surface area (Å²) in [6.45, 7) is 9.11. The third-order valence-corrected chi connectivity index (χ3v) is 9.85. The Bertz CT molecular complexity index is 1070. The summed E-state index contributed by atoms with van der Waals surface area (Å²) in [7, 11) is 0. The molecule has 202 valence electrons. The molecular formula is C29H41N3O5. The van der Waals surface area contributed by atoms with Gasteiger partial charge in [0.25, 0.3) is 0 Å². The Hall–Kier alpha value is -2.64. The van der Waals surface area contributed by atoms with Gasteiger partial charge in [0.15, 0.2) is 0 Å². The predicted molar refractivity (Wildman–Crippen MR) is 138 cm³/mol. The predicted octanol–water partition coefficient (Wildman–Crippen LogP) is 5.08. The number of esters is 2. The van der Waals surface area contributed by atoms with E-state index in [2.05, 4.69) is 24.9 Å². The second-order valence-corrected chi connectivity index (χ2v) is 12.0. The van der Waals surface area contributed by atoms with Gasteiger partial charge in [0, 0.05) is 57.0 Å². The van der Waals surface area contributed by atoms with E-state index in [0.717, 1.165) is 63.6 Å². The topological polar surface area (TPSA) is 92.0 Å². The lowest BCUT2D eigenvalue weighted by atomic mass is 9.47. The monoisotopic (exact) mass is 511 g/mol. The lowest BCUT2D eigenvalue weighted by Crippen LogP contribution is -2.54. The van der Waals surface area contributed by atoms with Crippen LogP contribution in [0.3, 0.4) is 0 Å². The van der Waals surface area contributed by atoms with Crippen LogP contribution in [-0.4, -0.2) is 46.0 Å². The van der Waals surface area contributed by atoms with Gasteiger partial charge in [0.05, 0.1) is 12.0 Å². The third-order valence-electron chi connectivity index (χ3n) is 9.85. The zero-order valence-corrected chi connectivity index (χ0v) is 22.7. The summed E-state index contributed by atoms with van der Waals surface area (Å²) >= 11 is 0. The average molecular weight is 512 g/mol. The highest BCUT2D eigenvalue weighted by molar-refractivity contribution is 5.99. The fourth-order valence-corrected chi connectivity index (χ4v) is 8.01. The molecule has 5 rings (SSSR count). The summed E-state index contributed by atoms with van der Waals surface area (Å²) in [5.74, 6) is 0.713. The number of oxime groups is 1. The van der Waals surface area contributed by atoms with Crippen molar-refractivity contribution in [3.05, 3.63) is 30.4 Å². The summed E-state index contributed by atoms with van der Waals surface area (Å²) in [4.78, 5) is 33.6. The van der Waals surface area contributed by atoms with Crippen LogP contribution in [0.2, 0.25) is 0 Å². The standard InChI is InChI=1S/C29H41N3O5/c1-19(33)36-22-8-10-28(3)21(16-22)17-25(31-35-15-5-13-32-14-12-30-18-32)27-23-6-7-26(37-20(2)34)29(23,4)11-9-24(27)28/h12,14,17-18,22-24,26-27H,5-11,13,15-16H2,1-4H3/b31-25+/t22-,23-,24-,26-,27-,28-,29-/m0/s1. The number of rotatable bonds is 7. The number of carbonyl (C=O) groups excluding carboxylic acids is 2. The fourth-order valence-electron chi connectivity index (χ4n) is 8.01. The zero-order chi connectivity index (χ0) is 26.2. The molecule has 7 atom stereocenters. The number of ether oxygens (including phenoxy) is 2. The van der Waals surface area contributed by atoms with Gasteiger partial charge in [-0.05, 0) is 61.9 Å². The van der Waals surface area contributed by atoms with E-state index in [-0.39, 0.29) is 40.9 Å². The van der Waals surface area contributed by atoms with Crippen LogP contribution >= 0.6 is 0 Å². The summed E-state index contributed by atoms with van der Waals surface area (Å²) in [6.07, 6.45) is 15.3. The summed E-state index contributed by atoms with van der Waals surface area (Å²) in [5.41, 5.74) is 2.36. The second-order valence-electron chi connectivity index (χ2n) is 12.0. The minimum absolute atomic E-state index is 0.0359. The van der Waals surface area contributed by atoms with Gasteiger partial charge >= 0.3 is 11.9 Å². The average Bonchev–Trinajstić information content (AvgIpc) is 3.47. The van der Waals surface area contributed by atoms with Crippen molar-refractivity contribution in [2.24, 2.45) is 33.7 Å². The molecule has 8 nitrogen and oxygen atoms in total. The molecule has 4 aliphatic rings. The van der Waals surface area contributed by atoms with E-state index in [0.29, 0.717) is 18.4 Å². The molecule has 3 fully saturated rings. The molecule has 37 heavy (non-hydrogen) atoms. The smallest absolute Gasteiger partial charge is 0.302 e. The third kappa shape index (κ3) is 4.96. The first-order valence-corrected chi connectivity index (χ1v) is 13.9. The summed E-state index contributed by atoms with van der Waals surface area (Å²) < 4.78 is 13.5. The first-order chi connectivity index (χ1) is 17.7. The zero-order valence-electron chi connectivity index (χ0n) is 22.7. The van der Waals surface area contributed by atoms with Crippen molar-refractivity contribution in [1.82, 2.24) is 9.55 Å². The first-order valence-electron chi connectivity index (χ1n) is 13.9. The molecule has 0 N–H and O–H groups in total. The Kier molecular flexibility index (Phi) is 7.20. The lowest BCUT2D eigenvalue weighted by molar-refractivity contribution is -0.155. The number of carbonyl (C=O) groups is 2. The molecule has 1 heterocycles. The van der Waals surface area contributed by atoms with Gasteiger partial charge in [-0.3, -0.25) is 9.59 Å². The molecule has 0 aliphatic heterocycles. The van der Waals surface area contributed by atoms with E-state index in [1.807, 2.05) is 17.1 Å². The van der Waals surface area contributed by atoms with Gasteiger partial charge in [-0.25, -0.2) is 4.98 Å². The number of aromatic nitrogens is 2. The number of nitrogens with zero attached hydrogens (tertiary/aromatic N) is 3. The van der Waals surface area contributed by atoms with Crippen LogP contribution in [-0.2, 0) is 30.4 Å². The molecule has 0 amide bonds. The number of fused-ring (bicyclic) bond motifs is 5. The van der Waals surface area contributed by atoms with Gasteiger partial charge in [0.2, 0.25) is 0 Å². The maximum atomic E-state index is 11.9. The molecule has 1 aromatic rings. The van der Waals surface area contributed by atoms with Crippen molar-refractivity contribution >= 4 is 17.7 Å². The number of allylic oxidation sites excluding steroid dienone is 1. The Morgan fingerprint density at radius 3 is 2.62 bits per heavy atom. The van der Waals surface area contributed by atoms with Crippen LogP contribution in [0, 0.1) is 28.6 Å². The van der Waals surface area contributed by atoms with E-state index < -0.39 is 0 Å². The van der Waals surface area contributed by atoms with Crippen molar-refractivity contribution in [3.63, 3.8) is 0 Å². The minimum atomic E-state index is -0.214. The minimum Gasteiger partial charge on any atom is -0.462 e. The molecule has 0 radical (unpaired) electrons. The van der Waals surface area contributed by atoms with Crippen LogP contribution in [0.4, 0.5) is 0 Å². The molecule has 1 aromatic heterocycles. The molecule has 0 spiro atoms. The SMILES string of the molecule is CC(=O)O[C@H]1CC[C@@]2(C)C(=C/C(=N\OCCCn3ccnc3)[C@H]3[C@@H]4CC[C@H](OC(C)=O)[C@@]4(C)CC[C@@H]32)C1. The largest absolute Gasteiger partial charge is 0.462 e. The van der Waals surface area contributed by atoms with Crippen molar-refractivity contribution < 1.29 is 23.9 Å². The number of imidazole rings is 1. The molecule has 0 saturated heterocycles. The number of aryl methyl sites for hydroxylation is 1. The Labute approximate surface area is 219 Å². The quantitative estimate of drug-likeness (QED) is 0.288. The van der Waals surface area contributed by atoms with E-state index in [1.54, 1.807) is 6.20 Å². The maximum Gasteiger partial charge on any atom is 0.302 e. The van der Waals surface area contributed by atoms with Crippen LogP contribution < -0.4 is 0 Å². The molecule has 8 heteroatoms. The van der Waals surface area contributed by atoms with Gasteiger partial charge in [-0.1, -0.05) is 24.6 Å². The maximum absolute atomic E-state index is 11.9. The van der Waals surface area contributed by atoms with Crippen LogP contribution in [0.25, 0.3) is 0 Å². The van der Waals surface area contributed by atoms with Gasteiger partial charge < -0.3 is 18.9 Å². The molecule has 0 bridgehead atoms. The Morgan fingerprint density at radius 1 is 1.08 bits per heavy atom. The Morgan fingerprint density at radius 2 is 1.89 bits per heavy atom. The highest BCUT2D eigenvalue weighted by Gasteiger charge is 2.61. The second kappa shape index (κ2) is 10.3. The lowest BCUT2D eigenvalue weighted by Gasteiger charge is -2.57. The normalized spacial score (nSPS) is 37.7. The fraction of sp³-hybridized carbons (Fsp3) is 0.724. The van der Waals surface area contributed by atoms with Crippen molar-refractivity contribution in [2.45, 2.75) is 97.8 Å². The molecule has 0 unspecified atom stereocenters. The van der Waals surface area contributed by atoms with E-state index in [4.69, 9.17) is 19.5 Å². The summed E-state index contributed by atoms with van der Waals surface area (Å²) in [5, 5.41) is 4.77. The molecule has 3 saturated carbocycles. The highest BCUT2D eigenvalue weighted by Crippen LogP contribution is 2.64.